The summed E-state index contributed by atoms with van der Waals surface area (Å²) in [6, 6.07) is 0. The summed E-state index contributed by atoms with van der Waals surface area (Å²) in [4.78, 5) is 37.0. The molecule has 0 spiro atoms. The normalized spacial score (nSPS) is 13.7. The Bertz CT molecular complexity index is 1370. The smallest absolute Gasteiger partial charge is 0.306 e. The van der Waals surface area contributed by atoms with E-state index in [9.17, 15) is 19.5 Å². The molecule has 2 unspecified atom stereocenters. The minimum atomic E-state index is -1.63. The average Bonchev–Trinajstić information content (AvgIpc) is 3.26. The number of carboxylic acids is 1. The summed E-state index contributed by atoms with van der Waals surface area (Å²) < 4.78 is 22.5. The summed E-state index contributed by atoms with van der Waals surface area (Å²) in [5, 5.41) is 11.7. The summed E-state index contributed by atoms with van der Waals surface area (Å²) in [5.41, 5.74) is 0. The van der Waals surface area contributed by atoms with E-state index in [0.29, 0.717) is 17.4 Å². The van der Waals surface area contributed by atoms with E-state index in [1.165, 1.54) is 44.9 Å². The van der Waals surface area contributed by atoms with Crippen LogP contribution in [0.25, 0.3) is 0 Å². The van der Waals surface area contributed by atoms with Crippen LogP contribution in [-0.2, 0) is 33.3 Å². The molecule has 0 aliphatic rings. The molecule has 0 aromatic rings. The number of esters is 2. The fourth-order valence-electron chi connectivity index (χ4n) is 6.26. The van der Waals surface area contributed by atoms with Gasteiger partial charge in [0.15, 0.2) is 12.4 Å². The van der Waals surface area contributed by atoms with Crippen molar-refractivity contribution in [1.82, 2.24) is 0 Å². The van der Waals surface area contributed by atoms with Crippen LogP contribution in [0.15, 0.2) is 97.2 Å². The van der Waals surface area contributed by atoms with Crippen molar-refractivity contribution >= 4 is 17.9 Å². The van der Waals surface area contributed by atoms with Crippen molar-refractivity contribution in [3.63, 3.8) is 0 Å². The van der Waals surface area contributed by atoms with Gasteiger partial charge in [0.1, 0.15) is 13.2 Å². The number of aliphatic carboxylic acids is 1. The molecule has 364 valence electrons. The molecule has 0 saturated carbocycles. The third-order valence-electron chi connectivity index (χ3n) is 10.1. The molecule has 0 fully saturated rings. The topological polar surface area (TPSA) is 111 Å². The lowest BCUT2D eigenvalue weighted by molar-refractivity contribution is -0.870. The van der Waals surface area contributed by atoms with Crippen molar-refractivity contribution in [2.24, 2.45) is 0 Å². The highest BCUT2D eigenvalue weighted by atomic mass is 16.7. The minimum Gasteiger partial charge on any atom is -0.545 e. The number of carbonyl (C=O) groups is 3. The lowest BCUT2D eigenvalue weighted by Gasteiger charge is -2.26. The number of likely N-dealkylation sites (N-methyl/N-ethyl adjacent to an activating group) is 1. The Labute approximate surface area is 391 Å². The van der Waals surface area contributed by atoms with Gasteiger partial charge in [0.25, 0.3) is 0 Å². The zero-order valence-corrected chi connectivity index (χ0v) is 41.1. The van der Waals surface area contributed by atoms with Gasteiger partial charge < -0.3 is 33.3 Å². The van der Waals surface area contributed by atoms with Crippen molar-refractivity contribution in [3.05, 3.63) is 97.2 Å². The molecule has 0 amide bonds. The molecule has 0 aliphatic carbocycles. The second-order valence-corrected chi connectivity index (χ2v) is 17.4. The van der Waals surface area contributed by atoms with Crippen LogP contribution in [0.3, 0.4) is 0 Å². The van der Waals surface area contributed by atoms with Gasteiger partial charge in [-0.15, -0.1) is 0 Å². The maximum atomic E-state index is 12.8. The fraction of sp³-hybridized carbons (Fsp3) is 0.655. The summed E-state index contributed by atoms with van der Waals surface area (Å²) in [7, 11) is 5.89. The highest BCUT2D eigenvalue weighted by Gasteiger charge is 2.21. The molecular formula is C55H91NO8. The van der Waals surface area contributed by atoms with E-state index in [2.05, 4.69) is 111 Å². The molecular weight excluding hydrogens is 803 g/mol. The number of hydrogen-bond acceptors (Lipinski definition) is 8. The third kappa shape index (κ3) is 46.2. The van der Waals surface area contributed by atoms with Gasteiger partial charge in [-0.3, -0.25) is 9.59 Å². The monoisotopic (exact) mass is 894 g/mol. The predicted octanol–water partition coefficient (Wildman–Crippen LogP) is 12.5. The van der Waals surface area contributed by atoms with Gasteiger partial charge in [0.05, 0.1) is 40.3 Å². The molecule has 0 saturated heterocycles. The summed E-state index contributed by atoms with van der Waals surface area (Å²) >= 11 is 0. The van der Waals surface area contributed by atoms with Gasteiger partial charge in [-0.2, -0.15) is 0 Å². The van der Waals surface area contributed by atoms with Crippen LogP contribution >= 0.6 is 0 Å². The molecule has 0 aromatic carbocycles. The number of ether oxygens (including phenoxy) is 4. The second kappa shape index (κ2) is 45.8. The largest absolute Gasteiger partial charge is 0.545 e. The molecule has 0 radical (unpaired) electrons. The van der Waals surface area contributed by atoms with Gasteiger partial charge in [0, 0.05) is 12.8 Å². The Kier molecular flexibility index (Phi) is 43.1. The Morgan fingerprint density at radius 3 is 1.33 bits per heavy atom. The van der Waals surface area contributed by atoms with Crippen molar-refractivity contribution in [1.29, 1.82) is 0 Å². The van der Waals surface area contributed by atoms with Crippen LogP contribution in [0.5, 0.6) is 0 Å². The Morgan fingerprint density at radius 2 is 0.891 bits per heavy atom. The maximum Gasteiger partial charge on any atom is 0.306 e. The van der Waals surface area contributed by atoms with E-state index < -0.39 is 24.3 Å². The van der Waals surface area contributed by atoms with Crippen LogP contribution in [0.1, 0.15) is 174 Å². The van der Waals surface area contributed by atoms with Crippen LogP contribution in [0, 0.1) is 0 Å². The number of unbranched alkanes of at least 4 members (excludes halogenated alkanes) is 13. The molecule has 9 nitrogen and oxygen atoms in total. The first-order valence-corrected chi connectivity index (χ1v) is 24.9. The molecule has 64 heavy (non-hydrogen) atoms. The molecule has 0 heterocycles. The van der Waals surface area contributed by atoms with E-state index in [1.807, 2.05) is 21.1 Å². The van der Waals surface area contributed by atoms with Crippen molar-refractivity contribution < 1.29 is 42.9 Å². The summed E-state index contributed by atoms with van der Waals surface area (Å²) in [6.45, 7) is 4.56. The Balaban J connectivity index is 4.35. The highest BCUT2D eigenvalue weighted by molar-refractivity contribution is 5.70. The standard InChI is InChI=1S/C55H91NO8/c1-6-8-10-12-14-16-18-19-20-21-22-23-24-25-26-27-28-29-30-31-32-33-34-35-36-38-40-42-44-46-53(58)64-51(50-63-55(54(59)60)61-48-47-56(3,4)5)49-62-52(57)45-43-41-39-37-17-15-13-11-9-7-2/h8,10,14,16,19-20,22-23,25-26,28-29,31-32,34-35,51,55H,6-7,9,11-13,15,17-18,21,24,27,30,33,36-50H2,1-5H3/b10-8-,16-14-,20-19-,23-22-,26-25-,29-28-,32-31-,35-34-. The van der Waals surface area contributed by atoms with Crippen LogP contribution in [-0.4, -0.2) is 82.3 Å². The van der Waals surface area contributed by atoms with Crippen LogP contribution in [0.4, 0.5) is 0 Å². The van der Waals surface area contributed by atoms with Crippen molar-refractivity contribution in [2.45, 2.75) is 187 Å². The Morgan fingerprint density at radius 1 is 0.484 bits per heavy atom. The average molecular weight is 894 g/mol. The van der Waals surface area contributed by atoms with E-state index in [4.69, 9.17) is 18.9 Å². The van der Waals surface area contributed by atoms with Gasteiger partial charge >= 0.3 is 11.9 Å². The molecule has 0 N–H and O–H groups in total. The molecule has 2 atom stereocenters. The number of allylic oxidation sites excluding steroid dienone is 16. The van der Waals surface area contributed by atoms with Gasteiger partial charge in [-0.1, -0.05) is 182 Å². The van der Waals surface area contributed by atoms with Crippen LogP contribution in [0.2, 0.25) is 0 Å². The van der Waals surface area contributed by atoms with E-state index in [1.54, 1.807) is 0 Å². The summed E-state index contributed by atoms with van der Waals surface area (Å²) in [5.74, 6) is -2.33. The third-order valence-corrected chi connectivity index (χ3v) is 10.1. The van der Waals surface area contributed by atoms with E-state index in [-0.39, 0.29) is 38.6 Å². The lowest BCUT2D eigenvalue weighted by Crippen LogP contribution is -2.44. The zero-order valence-electron chi connectivity index (χ0n) is 41.1. The molecule has 0 aromatic heterocycles. The first-order valence-electron chi connectivity index (χ1n) is 24.9. The van der Waals surface area contributed by atoms with Gasteiger partial charge in [-0.05, 0) is 77.0 Å². The molecule has 0 rings (SSSR count). The first kappa shape index (κ1) is 60.2. The number of carbonyl (C=O) groups excluding carboxylic acids is 3. The zero-order chi connectivity index (χ0) is 47.0. The number of quaternary nitrogens is 1. The molecule has 9 heteroatoms. The molecule has 0 aliphatic heterocycles. The van der Waals surface area contributed by atoms with Gasteiger partial charge in [0.2, 0.25) is 0 Å². The first-order chi connectivity index (χ1) is 31.1. The Hall–Kier alpha value is -3.79. The van der Waals surface area contributed by atoms with Crippen LogP contribution < -0.4 is 5.11 Å². The van der Waals surface area contributed by atoms with Gasteiger partial charge in [-0.25, -0.2) is 0 Å². The number of nitrogens with zero attached hydrogens (tertiary/aromatic N) is 1. The van der Waals surface area contributed by atoms with Crippen molar-refractivity contribution in [2.75, 3.05) is 47.5 Å². The summed E-state index contributed by atoms with van der Waals surface area (Å²) in [6.07, 6.45) is 57.4. The lowest BCUT2D eigenvalue weighted by atomic mass is 10.1. The van der Waals surface area contributed by atoms with E-state index in [0.717, 1.165) is 96.3 Å². The number of carboxylic acid groups (broad SMARTS) is 1. The highest BCUT2D eigenvalue weighted by Crippen LogP contribution is 2.13. The SMILES string of the molecule is CC/C=C\C/C=C\C/C=C\C/C=C\C/C=C\C/C=C\C/C=C\C/C=C\CCCCCCC(=O)OC(COC(=O)CCCCCCCCCCCC)COC(OCC[N+](C)(C)C)C(=O)[O-]. The fourth-order valence-corrected chi connectivity index (χ4v) is 6.26. The number of rotatable bonds is 44. The quantitative estimate of drug-likeness (QED) is 0.0195. The van der Waals surface area contributed by atoms with E-state index >= 15 is 0 Å². The predicted molar refractivity (Wildman–Crippen MR) is 264 cm³/mol. The number of hydrogen-bond donors (Lipinski definition) is 0. The minimum absolute atomic E-state index is 0.138. The second-order valence-electron chi connectivity index (χ2n) is 17.4. The molecule has 0 bridgehead atoms. The maximum absolute atomic E-state index is 12.8. The van der Waals surface area contributed by atoms with Crippen molar-refractivity contribution in [3.8, 4) is 0 Å².